The number of rotatable bonds is 6. The van der Waals surface area contributed by atoms with Crippen molar-refractivity contribution < 1.29 is 9.53 Å². The van der Waals surface area contributed by atoms with E-state index in [-0.39, 0.29) is 5.91 Å². The summed E-state index contributed by atoms with van der Waals surface area (Å²) in [6.07, 6.45) is 6.36. The summed E-state index contributed by atoms with van der Waals surface area (Å²) < 4.78 is 5.41. The first-order valence-corrected chi connectivity index (χ1v) is 8.48. The van der Waals surface area contributed by atoms with Crippen LogP contribution in [0.5, 0.6) is 0 Å². The number of hydrogen-bond donors (Lipinski definition) is 2. The van der Waals surface area contributed by atoms with E-state index in [1.165, 1.54) is 12.8 Å². The van der Waals surface area contributed by atoms with Crippen molar-refractivity contribution in [2.75, 3.05) is 40.4 Å². The normalized spacial score (nSPS) is 22.8. The fourth-order valence-corrected chi connectivity index (χ4v) is 3.24. The van der Waals surface area contributed by atoms with E-state index in [4.69, 9.17) is 4.74 Å². The van der Waals surface area contributed by atoms with Crippen molar-refractivity contribution >= 4 is 11.9 Å². The first-order chi connectivity index (χ1) is 10.7. The van der Waals surface area contributed by atoms with Gasteiger partial charge in [0.05, 0.1) is 6.61 Å². The molecule has 1 amide bonds. The third-order valence-electron chi connectivity index (χ3n) is 4.48. The van der Waals surface area contributed by atoms with Crippen LogP contribution in [0, 0.1) is 5.92 Å². The second-order valence-corrected chi connectivity index (χ2v) is 6.38. The van der Waals surface area contributed by atoms with E-state index in [0.717, 1.165) is 45.0 Å². The molecule has 0 bridgehead atoms. The molecule has 1 heterocycles. The van der Waals surface area contributed by atoms with E-state index in [0.29, 0.717) is 24.9 Å². The van der Waals surface area contributed by atoms with Crippen molar-refractivity contribution in [2.45, 2.75) is 44.6 Å². The Balaban J connectivity index is 1.63. The topological polar surface area (TPSA) is 66.0 Å². The number of ether oxygens (including phenoxy) is 1. The van der Waals surface area contributed by atoms with Crippen LogP contribution >= 0.6 is 0 Å². The molecule has 0 radical (unpaired) electrons. The molecule has 1 saturated carbocycles. The van der Waals surface area contributed by atoms with Gasteiger partial charge in [-0.15, -0.1) is 0 Å². The molecule has 1 unspecified atom stereocenters. The van der Waals surface area contributed by atoms with Gasteiger partial charge in [0.15, 0.2) is 5.96 Å². The molecule has 126 valence electrons. The molecule has 6 nitrogen and oxygen atoms in total. The summed E-state index contributed by atoms with van der Waals surface area (Å²) in [6.45, 7) is 3.27. The van der Waals surface area contributed by atoms with Crippen molar-refractivity contribution in [3.05, 3.63) is 0 Å². The zero-order valence-corrected chi connectivity index (χ0v) is 13.9. The average Bonchev–Trinajstić information content (AvgIpc) is 3.17. The summed E-state index contributed by atoms with van der Waals surface area (Å²) in [4.78, 5) is 18.3. The predicted octanol–water partition coefficient (Wildman–Crippen LogP) is 0.979. The minimum atomic E-state index is 0.140. The molecule has 2 N–H and O–H groups in total. The Hall–Kier alpha value is -1.30. The summed E-state index contributed by atoms with van der Waals surface area (Å²) in [5.41, 5.74) is 0. The van der Waals surface area contributed by atoms with Crippen LogP contribution in [-0.4, -0.2) is 63.2 Å². The van der Waals surface area contributed by atoms with Crippen LogP contribution in [-0.2, 0) is 9.53 Å². The number of hydrogen-bond acceptors (Lipinski definition) is 3. The molecule has 22 heavy (non-hydrogen) atoms. The van der Waals surface area contributed by atoms with Crippen molar-refractivity contribution in [3.63, 3.8) is 0 Å². The number of guanidine groups is 1. The van der Waals surface area contributed by atoms with Gasteiger partial charge >= 0.3 is 0 Å². The lowest BCUT2D eigenvalue weighted by molar-refractivity contribution is -0.121. The largest absolute Gasteiger partial charge is 0.381 e. The molecule has 6 heteroatoms. The Kier molecular flexibility index (Phi) is 6.96. The molecular formula is C16H30N4O2. The number of carbonyl (C=O) groups is 1. The van der Waals surface area contributed by atoms with Gasteiger partial charge < -0.3 is 20.3 Å². The minimum absolute atomic E-state index is 0.140. The Bertz CT molecular complexity index is 374. The molecule has 1 aliphatic heterocycles. The molecule has 2 aliphatic rings. The first-order valence-electron chi connectivity index (χ1n) is 8.48. The lowest BCUT2D eigenvalue weighted by Gasteiger charge is -2.24. The maximum Gasteiger partial charge on any atom is 0.221 e. The van der Waals surface area contributed by atoms with Gasteiger partial charge in [-0.05, 0) is 19.3 Å². The van der Waals surface area contributed by atoms with Crippen LogP contribution < -0.4 is 10.6 Å². The van der Waals surface area contributed by atoms with Crippen LogP contribution in [0.25, 0.3) is 0 Å². The van der Waals surface area contributed by atoms with Gasteiger partial charge in [0.1, 0.15) is 0 Å². The Morgan fingerprint density at radius 1 is 1.32 bits per heavy atom. The van der Waals surface area contributed by atoms with Crippen molar-refractivity contribution in [1.82, 2.24) is 15.5 Å². The molecule has 1 atom stereocenters. The highest BCUT2D eigenvalue weighted by Crippen LogP contribution is 2.17. The summed E-state index contributed by atoms with van der Waals surface area (Å²) in [7, 11) is 3.81. The van der Waals surface area contributed by atoms with E-state index in [1.54, 1.807) is 7.05 Å². The SMILES string of the molecule is CN=C(NCCC(=O)NC1CCCC1)N(C)CC1CCOC1. The molecule has 2 fully saturated rings. The summed E-state index contributed by atoms with van der Waals surface area (Å²) >= 11 is 0. The standard InChI is InChI=1S/C16H30N4O2/c1-17-16(20(2)11-13-8-10-22-12-13)18-9-7-15(21)19-14-5-3-4-6-14/h13-14H,3-12H2,1-2H3,(H,17,18)(H,19,21). The number of aliphatic imine (C=N–C) groups is 1. The zero-order valence-electron chi connectivity index (χ0n) is 13.9. The Morgan fingerprint density at radius 3 is 2.73 bits per heavy atom. The second kappa shape index (κ2) is 8.98. The predicted molar refractivity (Wildman–Crippen MR) is 87.9 cm³/mol. The fourth-order valence-electron chi connectivity index (χ4n) is 3.24. The summed E-state index contributed by atoms with van der Waals surface area (Å²) in [5.74, 6) is 1.57. The average molecular weight is 310 g/mol. The van der Waals surface area contributed by atoms with Gasteiger partial charge in [0, 0.05) is 52.2 Å². The summed E-state index contributed by atoms with van der Waals surface area (Å²) in [6, 6.07) is 0.400. The number of nitrogens with one attached hydrogen (secondary N) is 2. The maximum atomic E-state index is 11.9. The smallest absolute Gasteiger partial charge is 0.221 e. The van der Waals surface area contributed by atoms with Gasteiger partial charge in [-0.2, -0.15) is 0 Å². The van der Waals surface area contributed by atoms with Crippen LogP contribution in [0.1, 0.15) is 38.5 Å². The maximum absolute atomic E-state index is 11.9. The molecule has 2 rings (SSSR count). The van der Waals surface area contributed by atoms with E-state index in [2.05, 4.69) is 20.5 Å². The number of nitrogens with zero attached hydrogens (tertiary/aromatic N) is 2. The zero-order chi connectivity index (χ0) is 15.8. The first kappa shape index (κ1) is 17.1. The highest BCUT2D eigenvalue weighted by molar-refractivity contribution is 5.81. The van der Waals surface area contributed by atoms with Gasteiger partial charge in [-0.1, -0.05) is 12.8 Å². The van der Waals surface area contributed by atoms with Crippen LogP contribution in [0.3, 0.4) is 0 Å². The van der Waals surface area contributed by atoms with E-state index in [9.17, 15) is 4.79 Å². The van der Waals surface area contributed by atoms with E-state index < -0.39 is 0 Å². The lowest BCUT2D eigenvalue weighted by atomic mass is 10.1. The quantitative estimate of drug-likeness (QED) is 0.567. The monoisotopic (exact) mass is 310 g/mol. The van der Waals surface area contributed by atoms with Gasteiger partial charge in [-0.3, -0.25) is 9.79 Å². The van der Waals surface area contributed by atoms with Gasteiger partial charge in [0.25, 0.3) is 0 Å². The molecular weight excluding hydrogens is 280 g/mol. The Morgan fingerprint density at radius 2 is 2.09 bits per heavy atom. The van der Waals surface area contributed by atoms with Crippen LogP contribution in [0.15, 0.2) is 4.99 Å². The van der Waals surface area contributed by atoms with Crippen molar-refractivity contribution in [1.29, 1.82) is 0 Å². The molecule has 1 saturated heterocycles. The highest BCUT2D eigenvalue weighted by Gasteiger charge is 2.19. The van der Waals surface area contributed by atoms with Crippen molar-refractivity contribution in [2.24, 2.45) is 10.9 Å². The van der Waals surface area contributed by atoms with Crippen LogP contribution in [0.4, 0.5) is 0 Å². The molecule has 0 aromatic rings. The Labute approximate surface area is 133 Å². The molecule has 0 aromatic carbocycles. The third kappa shape index (κ3) is 5.48. The molecule has 0 aromatic heterocycles. The van der Waals surface area contributed by atoms with Gasteiger partial charge in [0.2, 0.25) is 5.91 Å². The van der Waals surface area contributed by atoms with Gasteiger partial charge in [-0.25, -0.2) is 0 Å². The molecule has 0 spiro atoms. The van der Waals surface area contributed by atoms with Crippen LogP contribution in [0.2, 0.25) is 0 Å². The summed E-state index contributed by atoms with van der Waals surface area (Å²) in [5, 5.41) is 6.38. The minimum Gasteiger partial charge on any atom is -0.381 e. The number of amides is 1. The van der Waals surface area contributed by atoms with E-state index in [1.807, 2.05) is 7.05 Å². The molecule has 1 aliphatic carbocycles. The number of carbonyl (C=O) groups excluding carboxylic acids is 1. The second-order valence-electron chi connectivity index (χ2n) is 6.38. The van der Waals surface area contributed by atoms with Crippen molar-refractivity contribution in [3.8, 4) is 0 Å². The lowest BCUT2D eigenvalue weighted by Crippen LogP contribution is -2.43. The third-order valence-corrected chi connectivity index (χ3v) is 4.48. The fraction of sp³-hybridized carbons (Fsp3) is 0.875. The highest BCUT2D eigenvalue weighted by atomic mass is 16.5. The van der Waals surface area contributed by atoms with E-state index >= 15 is 0 Å².